The van der Waals surface area contributed by atoms with Crippen LogP contribution in [0.3, 0.4) is 0 Å². The highest BCUT2D eigenvalue weighted by Gasteiger charge is 2.31. The molecule has 0 bridgehead atoms. The Morgan fingerprint density at radius 2 is 1.77 bits per heavy atom. The van der Waals surface area contributed by atoms with Crippen molar-refractivity contribution >= 4 is 5.91 Å². The van der Waals surface area contributed by atoms with Crippen LogP contribution in [0.25, 0.3) is 0 Å². The van der Waals surface area contributed by atoms with Gasteiger partial charge in [0.15, 0.2) is 0 Å². The van der Waals surface area contributed by atoms with Gasteiger partial charge in [-0.25, -0.2) is 4.98 Å². The Kier molecular flexibility index (Phi) is 7.09. The number of carbonyl (C=O) groups excluding carboxylic acids is 1. The van der Waals surface area contributed by atoms with E-state index in [-0.39, 0.29) is 12.3 Å². The molecule has 0 radical (unpaired) electrons. The second-order valence-corrected chi connectivity index (χ2v) is 6.58. The van der Waals surface area contributed by atoms with Gasteiger partial charge in [-0.1, -0.05) is 30.3 Å². The monoisotopic (exact) mass is 431 g/mol. The zero-order valence-corrected chi connectivity index (χ0v) is 16.4. The summed E-state index contributed by atoms with van der Waals surface area (Å²) in [6, 6.07) is 16.5. The number of aromatic nitrogens is 1. The van der Waals surface area contributed by atoms with E-state index in [2.05, 4.69) is 15.0 Å². The van der Waals surface area contributed by atoms with Crippen molar-refractivity contribution in [1.29, 1.82) is 0 Å². The van der Waals surface area contributed by atoms with Crippen LogP contribution in [0.1, 0.15) is 21.5 Å². The Balaban J connectivity index is 1.47. The fraction of sp³-hybridized carbons (Fsp3) is 0.182. The number of alkyl halides is 3. The summed E-state index contributed by atoms with van der Waals surface area (Å²) in [6.07, 6.45) is -2.71. The first-order valence-electron chi connectivity index (χ1n) is 9.37. The summed E-state index contributed by atoms with van der Waals surface area (Å²) in [6.45, 7) is 0.817. The van der Waals surface area contributed by atoms with Crippen LogP contribution in [-0.2, 0) is 13.0 Å². The van der Waals surface area contributed by atoms with Gasteiger partial charge >= 0.3 is 6.36 Å². The van der Waals surface area contributed by atoms with Gasteiger partial charge < -0.3 is 20.5 Å². The van der Waals surface area contributed by atoms with E-state index in [0.717, 1.165) is 5.56 Å². The number of para-hydroxylation sites is 1. The average molecular weight is 431 g/mol. The lowest BCUT2D eigenvalue weighted by Gasteiger charge is -2.13. The minimum atomic E-state index is -4.72. The van der Waals surface area contributed by atoms with E-state index in [1.807, 2.05) is 12.1 Å². The summed E-state index contributed by atoms with van der Waals surface area (Å²) in [7, 11) is 0. The summed E-state index contributed by atoms with van der Waals surface area (Å²) in [4.78, 5) is 15.1. The number of hydrogen-bond acceptors (Lipinski definition) is 5. The van der Waals surface area contributed by atoms with Crippen LogP contribution in [0, 0.1) is 0 Å². The van der Waals surface area contributed by atoms with Crippen molar-refractivity contribution in [3.8, 4) is 17.4 Å². The third-order valence-corrected chi connectivity index (χ3v) is 4.27. The van der Waals surface area contributed by atoms with E-state index in [1.165, 1.54) is 24.4 Å². The van der Waals surface area contributed by atoms with Crippen molar-refractivity contribution in [1.82, 2.24) is 10.3 Å². The Labute approximate surface area is 176 Å². The maximum Gasteiger partial charge on any atom is 0.573 e. The molecule has 0 aliphatic rings. The Hall–Kier alpha value is -3.59. The van der Waals surface area contributed by atoms with Crippen LogP contribution in [-0.4, -0.2) is 23.8 Å². The number of benzene rings is 2. The van der Waals surface area contributed by atoms with Crippen molar-refractivity contribution in [2.45, 2.75) is 19.3 Å². The van der Waals surface area contributed by atoms with Gasteiger partial charge in [-0.2, -0.15) is 0 Å². The molecule has 0 atom stereocenters. The number of primary amides is 1. The summed E-state index contributed by atoms with van der Waals surface area (Å²) in [5, 5.41) is 3.12. The quantitative estimate of drug-likeness (QED) is 0.496. The standard InChI is InChI=1S/C22H20F3N3O3/c23-22(24,25)31-19-4-2-1-3-16(19)13-27-12-11-15-5-8-18(9-6-15)30-20-10-7-17(14-28-20)21(26)29/h1-10,14,27H,11-13H2,(H2,26,29). The third-order valence-electron chi connectivity index (χ3n) is 4.27. The van der Waals surface area contributed by atoms with Crippen molar-refractivity contribution in [3.05, 3.63) is 83.6 Å². The maximum atomic E-state index is 12.5. The van der Waals surface area contributed by atoms with Crippen LogP contribution in [0.4, 0.5) is 13.2 Å². The van der Waals surface area contributed by atoms with Gasteiger partial charge in [0.05, 0.1) is 5.56 Å². The summed E-state index contributed by atoms with van der Waals surface area (Å²) >= 11 is 0. The number of nitrogens with two attached hydrogens (primary N) is 1. The fourth-order valence-electron chi connectivity index (χ4n) is 2.76. The Bertz CT molecular complexity index is 1010. The van der Waals surface area contributed by atoms with Crippen LogP contribution in [0.2, 0.25) is 0 Å². The molecule has 9 heteroatoms. The number of hydrogen-bond donors (Lipinski definition) is 2. The first-order valence-corrected chi connectivity index (χ1v) is 9.37. The first kappa shape index (κ1) is 22.1. The lowest BCUT2D eigenvalue weighted by Crippen LogP contribution is -2.21. The van der Waals surface area contributed by atoms with Crippen molar-refractivity contribution < 1.29 is 27.4 Å². The van der Waals surface area contributed by atoms with E-state index in [4.69, 9.17) is 10.5 Å². The molecule has 1 aromatic heterocycles. The zero-order valence-electron chi connectivity index (χ0n) is 16.4. The molecule has 0 spiro atoms. The molecule has 6 nitrogen and oxygen atoms in total. The van der Waals surface area contributed by atoms with E-state index < -0.39 is 12.3 Å². The molecule has 0 aliphatic heterocycles. The number of amides is 1. The molecule has 3 aromatic rings. The number of carbonyl (C=O) groups is 1. The number of nitrogens with zero attached hydrogens (tertiary/aromatic N) is 1. The van der Waals surface area contributed by atoms with E-state index in [1.54, 1.807) is 30.3 Å². The summed E-state index contributed by atoms with van der Waals surface area (Å²) in [5.41, 5.74) is 6.92. The van der Waals surface area contributed by atoms with E-state index in [9.17, 15) is 18.0 Å². The van der Waals surface area contributed by atoms with Gasteiger partial charge in [-0.05, 0) is 42.8 Å². The van der Waals surface area contributed by atoms with Gasteiger partial charge in [-0.3, -0.25) is 4.79 Å². The highest BCUT2D eigenvalue weighted by atomic mass is 19.4. The second-order valence-electron chi connectivity index (χ2n) is 6.58. The molecule has 31 heavy (non-hydrogen) atoms. The summed E-state index contributed by atoms with van der Waals surface area (Å²) < 4.78 is 47.1. The predicted octanol–water partition coefficient (Wildman–Crippen LogP) is 4.20. The Morgan fingerprint density at radius 3 is 2.42 bits per heavy atom. The second kappa shape index (κ2) is 9.94. The zero-order chi connectivity index (χ0) is 22.3. The fourth-order valence-corrected chi connectivity index (χ4v) is 2.76. The maximum absolute atomic E-state index is 12.5. The van der Waals surface area contributed by atoms with E-state index >= 15 is 0 Å². The molecule has 3 N–H and O–H groups in total. The van der Waals surface area contributed by atoms with Crippen LogP contribution in [0.15, 0.2) is 66.9 Å². The lowest BCUT2D eigenvalue weighted by molar-refractivity contribution is -0.274. The van der Waals surface area contributed by atoms with Crippen molar-refractivity contribution in [2.75, 3.05) is 6.54 Å². The molecule has 0 saturated heterocycles. The molecule has 0 unspecified atom stereocenters. The van der Waals surface area contributed by atoms with Gasteiger partial charge in [0, 0.05) is 24.4 Å². The van der Waals surface area contributed by atoms with Crippen LogP contribution < -0.4 is 20.5 Å². The van der Waals surface area contributed by atoms with Gasteiger partial charge in [0.25, 0.3) is 0 Å². The smallest absolute Gasteiger partial charge is 0.439 e. The number of rotatable bonds is 9. The first-order chi connectivity index (χ1) is 14.8. The molecule has 1 amide bonds. The molecule has 2 aromatic carbocycles. The van der Waals surface area contributed by atoms with Gasteiger partial charge in [-0.15, -0.1) is 13.2 Å². The topological polar surface area (TPSA) is 86.5 Å². The summed E-state index contributed by atoms with van der Waals surface area (Å²) in [5.74, 6) is 0.142. The Morgan fingerprint density at radius 1 is 1.03 bits per heavy atom. The number of ether oxygens (including phenoxy) is 2. The van der Waals surface area contributed by atoms with E-state index in [0.29, 0.717) is 35.7 Å². The minimum absolute atomic E-state index is 0.207. The lowest BCUT2D eigenvalue weighted by atomic mass is 10.1. The normalized spacial score (nSPS) is 11.2. The van der Waals surface area contributed by atoms with Crippen molar-refractivity contribution in [3.63, 3.8) is 0 Å². The molecule has 0 fully saturated rings. The molecule has 0 aliphatic carbocycles. The third kappa shape index (κ3) is 7.00. The van der Waals surface area contributed by atoms with Crippen LogP contribution >= 0.6 is 0 Å². The molecule has 1 heterocycles. The number of nitrogens with one attached hydrogen (secondary N) is 1. The predicted molar refractivity (Wildman–Crippen MR) is 108 cm³/mol. The number of halogens is 3. The minimum Gasteiger partial charge on any atom is -0.439 e. The molecule has 162 valence electrons. The van der Waals surface area contributed by atoms with Gasteiger partial charge in [0.1, 0.15) is 11.5 Å². The average Bonchev–Trinajstić information content (AvgIpc) is 2.73. The largest absolute Gasteiger partial charge is 0.573 e. The van der Waals surface area contributed by atoms with Gasteiger partial charge in [0.2, 0.25) is 11.8 Å². The molecular formula is C22H20F3N3O3. The molecule has 3 rings (SSSR count). The highest BCUT2D eigenvalue weighted by Crippen LogP contribution is 2.26. The van der Waals surface area contributed by atoms with Crippen LogP contribution in [0.5, 0.6) is 17.4 Å². The van der Waals surface area contributed by atoms with Crippen molar-refractivity contribution in [2.24, 2.45) is 5.73 Å². The molecular weight excluding hydrogens is 411 g/mol. The highest BCUT2D eigenvalue weighted by molar-refractivity contribution is 5.92. The number of pyridine rings is 1. The SMILES string of the molecule is NC(=O)c1ccc(Oc2ccc(CCNCc3ccccc3OC(F)(F)F)cc2)nc1. The molecule has 0 saturated carbocycles.